The van der Waals surface area contributed by atoms with Crippen LogP contribution in [0.3, 0.4) is 0 Å². The van der Waals surface area contributed by atoms with Gasteiger partial charge in [0.25, 0.3) is 0 Å². The number of alkyl halides is 3. The molecule has 1 unspecified atom stereocenters. The van der Waals surface area contributed by atoms with E-state index < -0.39 is 18.6 Å². The van der Waals surface area contributed by atoms with Gasteiger partial charge in [0.1, 0.15) is 6.54 Å². The van der Waals surface area contributed by atoms with Crippen molar-refractivity contribution in [1.29, 1.82) is 0 Å². The van der Waals surface area contributed by atoms with Crippen LogP contribution in [0.2, 0.25) is 0 Å². The van der Waals surface area contributed by atoms with Crippen molar-refractivity contribution in [2.24, 2.45) is 11.8 Å². The SMILES string of the molecule is O=C(NCC1CCC1)C1CC(=O)N(c2cnn(CC(F)(F)F)c2)C1. The van der Waals surface area contributed by atoms with Crippen LogP contribution in [0.25, 0.3) is 0 Å². The minimum absolute atomic E-state index is 0.0704. The molecule has 1 atom stereocenters. The number of nitrogens with one attached hydrogen (secondary N) is 1. The van der Waals surface area contributed by atoms with Gasteiger partial charge >= 0.3 is 6.18 Å². The number of carbonyl (C=O) groups is 2. The number of amides is 2. The van der Waals surface area contributed by atoms with Gasteiger partial charge in [0, 0.05) is 25.7 Å². The molecule has 6 nitrogen and oxygen atoms in total. The first-order valence-electron chi connectivity index (χ1n) is 7.99. The summed E-state index contributed by atoms with van der Waals surface area (Å²) in [5.74, 6) is -0.378. The average Bonchev–Trinajstić information content (AvgIpc) is 3.01. The van der Waals surface area contributed by atoms with Crippen molar-refractivity contribution in [2.45, 2.75) is 38.4 Å². The monoisotopic (exact) mass is 344 g/mol. The number of rotatable bonds is 5. The molecule has 9 heteroatoms. The standard InChI is InChI=1S/C15H19F3N4O2/c16-15(17,18)9-21-8-12(6-20-21)22-7-11(4-13(22)23)14(24)19-5-10-2-1-3-10/h6,8,10-11H,1-5,7,9H2,(H,19,24). The van der Waals surface area contributed by atoms with Crippen LogP contribution >= 0.6 is 0 Å². The van der Waals surface area contributed by atoms with Gasteiger partial charge in [-0.1, -0.05) is 6.42 Å². The van der Waals surface area contributed by atoms with Gasteiger partial charge in [0.15, 0.2) is 0 Å². The molecule has 0 bridgehead atoms. The number of nitrogens with zero attached hydrogens (tertiary/aromatic N) is 3. The Balaban J connectivity index is 1.57. The van der Waals surface area contributed by atoms with Crippen molar-refractivity contribution in [1.82, 2.24) is 15.1 Å². The molecule has 2 fully saturated rings. The summed E-state index contributed by atoms with van der Waals surface area (Å²) < 4.78 is 37.8. The number of hydrogen-bond acceptors (Lipinski definition) is 3. The topological polar surface area (TPSA) is 67.2 Å². The molecule has 132 valence electrons. The van der Waals surface area contributed by atoms with E-state index in [1.165, 1.54) is 23.7 Å². The van der Waals surface area contributed by atoms with Gasteiger partial charge in [-0.3, -0.25) is 14.3 Å². The quantitative estimate of drug-likeness (QED) is 0.884. The molecule has 1 saturated carbocycles. The highest BCUT2D eigenvalue weighted by molar-refractivity contribution is 6.00. The molecule has 0 radical (unpaired) electrons. The maximum atomic E-state index is 12.4. The molecule has 1 aliphatic carbocycles. The average molecular weight is 344 g/mol. The summed E-state index contributed by atoms with van der Waals surface area (Å²) in [7, 11) is 0. The number of aromatic nitrogens is 2. The Morgan fingerprint density at radius 3 is 2.75 bits per heavy atom. The molecular weight excluding hydrogens is 325 g/mol. The summed E-state index contributed by atoms with van der Waals surface area (Å²) in [4.78, 5) is 25.5. The Kier molecular flexibility index (Phi) is 4.51. The lowest BCUT2D eigenvalue weighted by atomic mass is 9.85. The summed E-state index contributed by atoms with van der Waals surface area (Å²) in [6, 6.07) is 0. The summed E-state index contributed by atoms with van der Waals surface area (Å²) in [6.45, 7) is -0.402. The summed E-state index contributed by atoms with van der Waals surface area (Å²) in [5, 5.41) is 6.50. The highest BCUT2D eigenvalue weighted by Gasteiger charge is 2.36. The van der Waals surface area contributed by atoms with E-state index in [4.69, 9.17) is 0 Å². The minimum Gasteiger partial charge on any atom is -0.356 e. The lowest BCUT2D eigenvalue weighted by molar-refractivity contribution is -0.142. The van der Waals surface area contributed by atoms with E-state index in [0.29, 0.717) is 18.2 Å². The largest absolute Gasteiger partial charge is 0.408 e. The Morgan fingerprint density at radius 1 is 1.38 bits per heavy atom. The third-order valence-electron chi connectivity index (χ3n) is 4.56. The fourth-order valence-corrected chi connectivity index (χ4v) is 2.98. The van der Waals surface area contributed by atoms with Crippen molar-refractivity contribution < 1.29 is 22.8 Å². The van der Waals surface area contributed by atoms with Crippen LogP contribution in [0, 0.1) is 11.8 Å². The highest BCUT2D eigenvalue weighted by Crippen LogP contribution is 2.27. The summed E-state index contributed by atoms with van der Waals surface area (Å²) >= 11 is 0. The maximum Gasteiger partial charge on any atom is 0.408 e. The van der Waals surface area contributed by atoms with Crippen LogP contribution in [0.1, 0.15) is 25.7 Å². The summed E-state index contributed by atoms with van der Waals surface area (Å²) in [6.07, 6.45) is 1.53. The predicted molar refractivity (Wildman–Crippen MR) is 79.1 cm³/mol. The van der Waals surface area contributed by atoms with E-state index >= 15 is 0 Å². The fourth-order valence-electron chi connectivity index (χ4n) is 2.98. The molecule has 2 heterocycles. The van der Waals surface area contributed by atoms with Crippen LogP contribution < -0.4 is 10.2 Å². The first kappa shape index (κ1) is 16.8. The molecule has 2 aliphatic rings. The van der Waals surface area contributed by atoms with Crippen LogP contribution in [0.5, 0.6) is 0 Å². The minimum atomic E-state index is -4.37. The van der Waals surface area contributed by atoms with Gasteiger partial charge < -0.3 is 10.2 Å². The fraction of sp³-hybridized carbons (Fsp3) is 0.667. The van der Waals surface area contributed by atoms with E-state index in [1.807, 2.05) is 0 Å². The van der Waals surface area contributed by atoms with Gasteiger partial charge in [-0.25, -0.2) is 0 Å². The maximum absolute atomic E-state index is 12.4. The van der Waals surface area contributed by atoms with Gasteiger partial charge in [-0.05, 0) is 18.8 Å². The smallest absolute Gasteiger partial charge is 0.356 e. The van der Waals surface area contributed by atoms with E-state index in [1.54, 1.807) is 0 Å². The zero-order valence-corrected chi connectivity index (χ0v) is 13.1. The second kappa shape index (κ2) is 6.45. The number of carbonyl (C=O) groups excluding carboxylic acids is 2. The summed E-state index contributed by atoms with van der Waals surface area (Å²) in [5.41, 5.74) is 0.290. The van der Waals surface area contributed by atoms with Gasteiger partial charge in [0.2, 0.25) is 11.8 Å². The molecule has 1 aromatic rings. The van der Waals surface area contributed by atoms with E-state index in [9.17, 15) is 22.8 Å². The van der Waals surface area contributed by atoms with Crippen molar-refractivity contribution >= 4 is 17.5 Å². The van der Waals surface area contributed by atoms with Crippen molar-refractivity contribution in [2.75, 3.05) is 18.0 Å². The number of hydrogen-bond donors (Lipinski definition) is 1. The first-order valence-corrected chi connectivity index (χ1v) is 7.99. The second-order valence-electron chi connectivity index (χ2n) is 6.46. The van der Waals surface area contributed by atoms with E-state index in [2.05, 4.69) is 10.4 Å². The van der Waals surface area contributed by atoms with Gasteiger partial charge in [-0.15, -0.1) is 0 Å². The van der Waals surface area contributed by atoms with E-state index in [0.717, 1.165) is 17.5 Å². The third-order valence-corrected chi connectivity index (χ3v) is 4.56. The molecule has 0 spiro atoms. The molecule has 0 aromatic carbocycles. The first-order chi connectivity index (χ1) is 11.3. The predicted octanol–water partition coefficient (Wildman–Crippen LogP) is 1.71. The van der Waals surface area contributed by atoms with Crippen LogP contribution in [0.15, 0.2) is 12.4 Å². The zero-order chi connectivity index (χ0) is 17.3. The molecule has 1 aromatic heterocycles. The highest BCUT2D eigenvalue weighted by atomic mass is 19.4. The Hall–Kier alpha value is -2.06. The molecule has 3 rings (SSSR count). The van der Waals surface area contributed by atoms with Crippen LogP contribution in [-0.2, 0) is 16.1 Å². The van der Waals surface area contributed by atoms with Crippen molar-refractivity contribution in [3.8, 4) is 0 Å². The normalized spacial score (nSPS) is 21.9. The van der Waals surface area contributed by atoms with Gasteiger partial charge in [-0.2, -0.15) is 18.3 Å². The molecule has 1 aliphatic heterocycles. The lowest BCUT2D eigenvalue weighted by Crippen LogP contribution is -2.37. The van der Waals surface area contributed by atoms with Crippen LogP contribution in [-0.4, -0.2) is 40.9 Å². The number of halogens is 3. The Labute approximate surface area is 137 Å². The van der Waals surface area contributed by atoms with Crippen molar-refractivity contribution in [3.05, 3.63) is 12.4 Å². The third kappa shape index (κ3) is 3.88. The number of anilines is 1. The zero-order valence-electron chi connectivity index (χ0n) is 13.1. The lowest BCUT2D eigenvalue weighted by Gasteiger charge is -2.26. The molecule has 1 saturated heterocycles. The molecular formula is C15H19F3N4O2. The molecule has 2 amide bonds. The molecule has 1 N–H and O–H groups in total. The molecule has 24 heavy (non-hydrogen) atoms. The van der Waals surface area contributed by atoms with Crippen molar-refractivity contribution in [3.63, 3.8) is 0 Å². The van der Waals surface area contributed by atoms with Crippen LogP contribution in [0.4, 0.5) is 18.9 Å². The van der Waals surface area contributed by atoms with E-state index in [-0.39, 0.29) is 24.8 Å². The van der Waals surface area contributed by atoms with Gasteiger partial charge in [0.05, 0.1) is 17.8 Å². The Bertz CT molecular complexity index is 624. The Morgan fingerprint density at radius 2 is 2.12 bits per heavy atom. The second-order valence-corrected chi connectivity index (χ2v) is 6.46.